The van der Waals surface area contributed by atoms with Crippen LogP contribution in [-0.4, -0.2) is 25.0 Å². The maximum absolute atomic E-state index is 3.95. The highest BCUT2D eigenvalue weighted by Gasteiger charge is 2.15. The summed E-state index contributed by atoms with van der Waals surface area (Å²) in [6, 6.07) is 0. The van der Waals surface area contributed by atoms with E-state index in [1.807, 2.05) is 12.5 Å². The lowest BCUT2D eigenvalue weighted by Crippen LogP contribution is -2.19. The predicted molar refractivity (Wildman–Crippen MR) is 72.3 cm³/mol. The summed E-state index contributed by atoms with van der Waals surface area (Å²) in [5.41, 5.74) is 1.30. The summed E-state index contributed by atoms with van der Waals surface area (Å²) in [6.45, 7) is 12.7. The second-order valence-electron chi connectivity index (χ2n) is 6.25. The van der Waals surface area contributed by atoms with E-state index >= 15 is 0 Å². The second-order valence-corrected chi connectivity index (χ2v) is 6.25. The Kier molecular flexibility index (Phi) is 4.27. The molecule has 2 rings (SSSR count). The van der Waals surface area contributed by atoms with Crippen LogP contribution in [0.1, 0.15) is 47.2 Å². The number of hydrogen-bond donors (Lipinski definition) is 1. The molecule has 0 saturated heterocycles. The SMILES string of the molecule is CC(C)(C)c1cn[nH]n1.CC(C)(C)n1ccnc1. The first-order valence-corrected chi connectivity index (χ1v) is 6.06. The fourth-order valence-electron chi connectivity index (χ4n) is 1.22. The van der Waals surface area contributed by atoms with Gasteiger partial charge in [0.1, 0.15) is 0 Å². The molecule has 1 N–H and O–H groups in total. The van der Waals surface area contributed by atoms with Crippen LogP contribution in [0.5, 0.6) is 0 Å². The second kappa shape index (κ2) is 5.33. The molecule has 0 saturated carbocycles. The highest BCUT2D eigenvalue weighted by molar-refractivity contribution is 5.04. The van der Waals surface area contributed by atoms with E-state index in [0.29, 0.717) is 0 Å². The minimum Gasteiger partial charge on any atom is -0.332 e. The van der Waals surface area contributed by atoms with Gasteiger partial charge in [-0.25, -0.2) is 4.98 Å². The molecule has 0 aliphatic heterocycles. The molecule has 0 spiro atoms. The van der Waals surface area contributed by atoms with Crippen LogP contribution in [0, 0.1) is 0 Å². The van der Waals surface area contributed by atoms with Crippen molar-refractivity contribution in [1.29, 1.82) is 0 Å². The number of aromatic amines is 1. The molecule has 5 nitrogen and oxygen atoms in total. The van der Waals surface area contributed by atoms with Gasteiger partial charge in [-0.05, 0) is 20.8 Å². The Hall–Kier alpha value is -1.65. The van der Waals surface area contributed by atoms with Gasteiger partial charge in [0.2, 0.25) is 0 Å². The number of hydrogen-bond acceptors (Lipinski definition) is 3. The zero-order valence-corrected chi connectivity index (χ0v) is 12.1. The normalized spacial score (nSPS) is 11.9. The third-order valence-corrected chi connectivity index (χ3v) is 2.46. The van der Waals surface area contributed by atoms with Gasteiger partial charge in [-0.15, -0.1) is 0 Å². The van der Waals surface area contributed by atoms with Crippen LogP contribution >= 0.6 is 0 Å². The van der Waals surface area contributed by atoms with E-state index in [4.69, 9.17) is 0 Å². The molecule has 0 aliphatic carbocycles. The van der Waals surface area contributed by atoms with Crippen molar-refractivity contribution in [1.82, 2.24) is 25.0 Å². The maximum atomic E-state index is 3.95. The Morgan fingerprint density at radius 2 is 1.78 bits per heavy atom. The van der Waals surface area contributed by atoms with E-state index in [-0.39, 0.29) is 11.0 Å². The monoisotopic (exact) mass is 249 g/mol. The van der Waals surface area contributed by atoms with Crippen molar-refractivity contribution in [3.63, 3.8) is 0 Å². The molecule has 18 heavy (non-hydrogen) atoms. The van der Waals surface area contributed by atoms with Gasteiger partial charge in [-0.1, -0.05) is 20.8 Å². The van der Waals surface area contributed by atoms with Gasteiger partial charge < -0.3 is 4.57 Å². The molecule has 0 unspecified atom stereocenters. The molecule has 100 valence electrons. The molecule has 0 amide bonds. The van der Waals surface area contributed by atoms with Crippen LogP contribution in [0.4, 0.5) is 0 Å². The van der Waals surface area contributed by atoms with Gasteiger partial charge >= 0.3 is 0 Å². The fraction of sp³-hybridized carbons (Fsp3) is 0.615. The lowest BCUT2D eigenvalue weighted by Gasteiger charge is -2.19. The highest BCUT2D eigenvalue weighted by atomic mass is 15.3. The predicted octanol–water partition coefficient (Wildman–Crippen LogP) is 2.74. The third-order valence-electron chi connectivity index (χ3n) is 2.46. The summed E-state index contributed by atoms with van der Waals surface area (Å²) in [7, 11) is 0. The van der Waals surface area contributed by atoms with Gasteiger partial charge in [0.15, 0.2) is 0 Å². The molecule has 0 fully saturated rings. The molecular weight excluding hydrogens is 226 g/mol. The number of rotatable bonds is 0. The minimum atomic E-state index is 0.118. The Labute approximate surface area is 109 Å². The topological polar surface area (TPSA) is 59.4 Å². The van der Waals surface area contributed by atoms with E-state index in [1.54, 1.807) is 12.4 Å². The van der Waals surface area contributed by atoms with Crippen molar-refractivity contribution in [2.75, 3.05) is 0 Å². The Balaban J connectivity index is 0.000000180. The van der Waals surface area contributed by atoms with Crippen LogP contribution in [0.25, 0.3) is 0 Å². The molecule has 0 bridgehead atoms. The summed E-state index contributed by atoms with van der Waals surface area (Å²) in [4.78, 5) is 3.95. The van der Waals surface area contributed by atoms with Crippen LogP contribution in [0.2, 0.25) is 0 Å². The first kappa shape index (κ1) is 14.4. The summed E-state index contributed by atoms with van der Waals surface area (Å²) in [6.07, 6.45) is 7.35. The molecular formula is C13H23N5. The number of nitrogens with one attached hydrogen (secondary N) is 1. The van der Waals surface area contributed by atoms with Gasteiger partial charge in [0.25, 0.3) is 0 Å². The maximum Gasteiger partial charge on any atom is 0.0950 e. The summed E-state index contributed by atoms with van der Waals surface area (Å²) < 4.78 is 2.08. The van der Waals surface area contributed by atoms with E-state index in [0.717, 1.165) is 5.69 Å². The van der Waals surface area contributed by atoms with Crippen LogP contribution < -0.4 is 0 Å². The van der Waals surface area contributed by atoms with Crippen molar-refractivity contribution in [2.45, 2.75) is 52.5 Å². The lowest BCUT2D eigenvalue weighted by atomic mass is 9.93. The Morgan fingerprint density at radius 1 is 1.11 bits per heavy atom. The van der Waals surface area contributed by atoms with E-state index < -0.39 is 0 Å². The summed E-state index contributed by atoms with van der Waals surface area (Å²) in [5, 5.41) is 10.2. The Morgan fingerprint density at radius 3 is 2.00 bits per heavy atom. The molecule has 0 atom stereocenters. The van der Waals surface area contributed by atoms with Crippen molar-refractivity contribution >= 4 is 0 Å². The molecule has 2 aromatic heterocycles. The number of H-pyrrole nitrogens is 1. The van der Waals surface area contributed by atoms with Crippen LogP contribution in [-0.2, 0) is 11.0 Å². The summed E-state index contributed by atoms with van der Waals surface area (Å²) in [5.74, 6) is 0. The molecule has 2 aromatic rings. The van der Waals surface area contributed by atoms with Gasteiger partial charge in [0, 0.05) is 23.3 Å². The standard InChI is InChI=1S/C7H12N2.C6H11N3/c1-7(2,3)9-5-4-8-6-9;1-6(2,3)5-4-7-9-8-5/h4-6H,1-3H3;4H,1-3H3,(H,7,8,9). The minimum absolute atomic E-state index is 0.118. The first-order chi connectivity index (χ1) is 8.21. The third kappa shape index (κ3) is 4.31. The molecule has 0 aromatic carbocycles. The van der Waals surface area contributed by atoms with Crippen molar-refractivity contribution in [3.05, 3.63) is 30.6 Å². The van der Waals surface area contributed by atoms with E-state index in [9.17, 15) is 0 Å². The van der Waals surface area contributed by atoms with Crippen molar-refractivity contribution in [3.8, 4) is 0 Å². The van der Waals surface area contributed by atoms with E-state index in [1.165, 1.54) is 0 Å². The Bertz CT molecular complexity index is 384. The number of aromatic nitrogens is 5. The average Bonchev–Trinajstić information content (AvgIpc) is 2.91. The molecule has 2 heterocycles. The van der Waals surface area contributed by atoms with Crippen LogP contribution in [0.3, 0.4) is 0 Å². The fourth-order valence-corrected chi connectivity index (χ4v) is 1.22. The van der Waals surface area contributed by atoms with E-state index in [2.05, 4.69) is 66.5 Å². The number of nitrogens with zero attached hydrogens (tertiary/aromatic N) is 4. The molecule has 5 heteroatoms. The van der Waals surface area contributed by atoms with Crippen LogP contribution in [0.15, 0.2) is 24.9 Å². The van der Waals surface area contributed by atoms with Gasteiger partial charge in [0.05, 0.1) is 18.2 Å². The first-order valence-electron chi connectivity index (χ1n) is 6.06. The average molecular weight is 249 g/mol. The highest BCUT2D eigenvalue weighted by Crippen LogP contribution is 2.17. The number of imidazole rings is 1. The van der Waals surface area contributed by atoms with Gasteiger partial charge in [-0.2, -0.15) is 15.4 Å². The summed E-state index contributed by atoms with van der Waals surface area (Å²) >= 11 is 0. The largest absolute Gasteiger partial charge is 0.332 e. The molecule has 0 radical (unpaired) electrons. The van der Waals surface area contributed by atoms with Crippen molar-refractivity contribution < 1.29 is 0 Å². The molecule has 0 aliphatic rings. The van der Waals surface area contributed by atoms with Crippen molar-refractivity contribution in [2.24, 2.45) is 0 Å². The zero-order valence-electron chi connectivity index (χ0n) is 12.1. The lowest BCUT2D eigenvalue weighted by molar-refractivity contribution is 0.396. The quantitative estimate of drug-likeness (QED) is 0.781. The smallest absolute Gasteiger partial charge is 0.0950 e. The zero-order chi connectivity index (χ0) is 13.8. The van der Waals surface area contributed by atoms with Gasteiger partial charge in [-0.3, -0.25) is 0 Å².